The second kappa shape index (κ2) is 12.3. The second-order valence-electron chi connectivity index (χ2n) is 8.29. The molecule has 0 amide bonds. The fraction of sp³-hybridized carbons (Fsp3) is 0.500. The van der Waals surface area contributed by atoms with Crippen molar-refractivity contribution in [2.45, 2.75) is 65.2 Å². The Morgan fingerprint density at radius 1 is 0.929 bits per heavy atom. The van der Waals surface area contributed by atoms with Gasteiger partial charge in [0.1, 0.15) is 0 Å². The van der Waals surface area contributed by atoms with Gasteiger partial charge in [0.2, 0.25) is 0 Å². The van der Waals surface area contributed by atoms with E-state index in [0.717, 1.165) is 38.9 Å². The van der Waals surface area contributed by atoms with Crippen molar-refractivity contribution in [3.8, 4) is 0 Å². The van der Waals surface area contributed by atoms with Crippen LogP contribution in [0.15, 0.2) is 30.3 Å². The summed E-state index contributed by atoms with van der Waals surface area (Å²) in [6, 6.07) is 19.1. The van der Waals surface area contributed by atoms with E-state index in [0.29, 0.717) is 12.1 Å². The molecule has 0 radical (unpaired) electrons. The number of benzene rings is 2. The Morgan fingerprint density at radius 3 is 2.46 bits per heavy atom. The molecule has 2 aliphatic heterocycles. The Balaban J connectivity index is 0.00000140. The molecular formula is C24H30N2Rb2. The molecule has 1 atom stereocenters. The molecule has 138 valence electrons. The van der Waals surface area contributed by atoms with Gasteiger partial charge >= 0.3 is 116 Å². The minimum atomic E-state index is 0. The van der Waals surface area contributed by atoms with Crippen molar-refractivity contribution in [2.75, 3.05) is 13.1 Å². The first-order chi connectivity index (χ1) is 12.6. The molecule has 2 aromatic carbocycles. The van der Waals surface area contributed by atoms with Gasteiger partial charge in [-0.15, -0.1) is 11.1 Å². The normalized spacial score (nSPS) is 17.9. The molecular weight excluding hydrogens is 487 g/mol. The first kappa shape index (κ1) is 26.2. The third-order valence-electron chi connectivity index (χ3n) is 6.18. The summed E-state index contributed by atoms with van der Waals surface area (Å²) in [6.45, 7) is 11.4. The largest absolute Gasteiger partial charge is 1.00 e. The van der Waals surface area contributed by atoms with Gasteiger partial charge < -0.3 is 4.90 Å². The van der Waals surface area contributed by atoms with Gasteiger partial charge in [-0.3, -0.25) is 4.90 Å². The first-order valence-corrected chi connectivity index (χ1v) is 10.1. The molecule has 2 nitrogen and oxygen atoms in total. The zero-order valence-electron chi connectivity index (χ0n) is 18.4. The Kier molecular flexibility index (Phi) is 11.5. The van der Waals surface area contributed by atoms with Crippen LogP contribution < -0.4 is 116 Å². The van der Waals surface area contributed by atoms with Crippen molar-refractivity contribution in [1.29, 1.82) is 0 Å². The molecule has 0 unspecified atom stereocenters. The van der Waals surface area contributed by atoms with Crippen molar-refractivity contribution < 1.29 is 116 Å². The van der Waals surface area contributed by atoms with Gasteiger partial charge in [0.05, 0.1) is 0 Å². The van der Waals surface area contributed by atoms with Crippen LogP contribution in [0.3, 0.4) is 0 Å². The molecule has 2 heterocycles. The average Bonchev–Trinajstić information content (AvgIpc) is 2.67. The van der Waals surface area contributed by atoms with Crippen LogP contribution in [0.2, 0.25) is 0 Å². The molecule has 2 aliphatic rings. The summed E-state index contributed by atoms with van der Waals surface area (Å²) in [5, 5.41) is 0. The van der Waals surface area contributed by atoms with E-state index < -0.39 is 0 Å². The molecule has 2 aromatic rings. The van der Waals surface area contributed by atoms with Gasteiger partial charge in [-0.1, -0.05) is 19.8 Å². The van der Waals surface area contributed by atoms with Crippen molar-refractivity contribution >= 4 is 0 Å². The molecule has 0 aliphatic carbocycles. The summed E-state index contributed by atoms with van der Waals surface area (Å²) in [4.78, 5) is 5.20. The van der Waals surface area contributed by atoms with E-state index in [9.17, 15) is 0 Å². The summed E-state index contributed by atoms with van der Waals surface area (Å²) < 4.78 is 0. The van der Waals surface area contributed by atoms with Gasteiger partial charge in [0, 0.05) is 18.6 Å². The van der Waals surface area contributed by atoms with Gasteiger partial charge in [0.15, 0.2) is 0 Å². The van der Waals surface area contributed by atoms with E-state index in [1.54, 1.807) is 0 Å². The fourth-order valence-corrected chi connectivity index (χ4v) is 4.40. The van der Waals surface area contributed by atoms with E-state index in [1.165, 1.54) is 34.4 Å². The summed E-state index contributed by atoms with van der Waals surface area (Å²) in [5.74, 6) is 0. The SMILES string of the molecule is CC(C)N1CCc2[c-]cc(C[C@@H](C)N3CCc4c[c-]ccc4C3)cc2C1.[Rb+].[Rb+]. The smallest absolute Gasteiger partial charge is 0.308 e. The maximum atomic E-state index is 3.59. The molecule has 28 heavy (non-hydrogen) atoms. The van der Waals surface area contributed by atoms with Gasteiger partial charge in [-0.25, -0.2) is 0 Å². The monoisotopic (exact) mass is 516 g/mol. The van der Waals surface area contributed by atoms with E-state index in [1.807, 2.05) is 6.07 Å². The number of hydrogen-bond acceptors (Lipinski definition) is 2. The van der Waals surface area contributed by atoms with E-state index in [4.69, 9.17) is 0 Å². The van der Waals surface area contributed by atoms with Gasteiger partial charge in [-0.2, -0.15) is 59.2 Å². The predicted molar refractivity (Wildman–Crippen MR) is 107 cm³/mol. The zero-order valence-corrected chi connectivity index (χ0v) is 28.2. The Morgan fingerprint density at radius 2 is 1.68 bits per heavy atom. The minimum absolute atomic E-state index is 0. The standard InChI is InChI=1S/C24H30N2.2Rb/c1-18(2)25-12-10-22-9-8-20(15-24(22)17-25)14-19(3)26-13-11-21-6-4-5-7-23(21)16-26;;/h5-8,15,18-19H,10-14,16-17H2,1-3H3;;/q-2;2*+1/t19-;;/m1../s1. The molecule has 4 rings (SSSR count). The number of hydrogen-bond donors (Lipinski definition) is 0. The van der Waals surface area contributed by atoms with Crippen molar-refractivity contribution in [1.82, 2.24) is 9.80 Å². The Labute approximate surface area is 269 Å². The maximum Gasteiger partial charge on any atom is 1.00 e. The van der Waals surface area contributed by atoms with Gasteiger partial charge in [0.25, 0.3) is 0 Å². The van der Waals surface area contributed by atoms with Crippen LogP contribution in [0.25, 0.3) is 0 Å². The van der Waals surface area contributed by atoms with Crippen LogP contribution >= 0.6 is 0 Å². The van der Waals surface area contributed by atoms with Crippen LogP contribution in [0.1, 0.15) is 48.6 Å². The summed E-state index contributed by atoms with van der Waals surface area (Å²) in [7, 11) is 0. The van der Waals surface area contributed by atoms with Crippen molar-refractivity contribution in [3.63, 3.8) is 0 Å². The first-order valence-electron chi connectivity index (χ1n) is 10.1. The Hall–Kier alpha value is 1.97. The summed E-state index contributed by atoms with van der Waals surface area (Å²) in [6.07, 6.45) is 3.40. The maximum absolute atomic E-state index is 3.59. The summed E-state index contributed by atoms with van der Waals surface area (Å²) >= 11 is 0. The average molecular weight is 517 g/mol. The molecule has 4 heteroatoms. The van der Waals surface area contributed by atoms with Crippen molar-refractivity contribution in [3.05, 3.63) is 70.3 Å². The summed E-state index contributed by atoms with van der Waals surface area (Å²) in [5.41, 5.74) is 7.32. The number of nitrogens with zero attached hydrogens (tertiary/aromatic N) is 2. The van der Waals surface area contributed by atoms with Crippen LogP contribution in [0, 0.1) is 12.1 Å². The topological polar surface area (TPSA) is 6.48 Å². The van der Waals surface area contributed by atoms with Crippen LogP contribution in [0.5, 0.6) is 0 Å². The molecule has 0 saturated carbocycles. The molecule has 0 fully saturated rings. The van der Waals surface area contributed by atoms with Crippen molar-refractivity contribution in [2.24, 2.45) is 0 Å². The minimum Gasteiger partial charge on any atom is -0.308 e. The van der Waals surface area contributed by atoms with Crippen LogP contribution in [0.4, 0.5) is 0 Å². The number of rotatable bonds is 4. The van der Waals surface area contributed by atoms with E-state index >= 15 is 0 Å². The quantitative estimate of drug-likeness (QED) is 0.436. The third-order valence-corrected chi connectivity index (χ3v) is 6.18. The Bertz CT molecular complexity index is 775. The predicted octanol–water partition coefficient (Wildman–Crippen LogP) is -1.95. The second-order valence-corrected chi connectivity index (χ2v) is 8.29. The molecule has 0 spiro atoms. The molecule has 0 N–H and O–H groups in total. The third kappa shape index (κ3) is 6.49. The van der Waals surface area contributed by atoms with E-state index in [2.05, 4.69) is 67.0 Å². The van der Waals surface area contributed by atoms with Crippen LogP contribution in [-0.2, 0) is 32.4 Å². The molecule has 0 bridgehead atoms. The number of fused-ring (bicyclic) bond motifs is 2. The van der Waals surface area contributed by atoms with Crippen LogP contribution in [-0.4, -0.2) is 35.0 Å². The zero-order chi connectivity index (χ0) is 18.1. The van der Waals surface area contributed by atoms with E-state index in [-0.39, 0.29) is 116 Å². The molecule has 0 aromatic heterocycles. The fourth-order valence-electron chi connectivity index (χ4n) is 4.40. The molecule has 0 saturated heterocycles. The van der Waals surface area contributed by atoms with Gasteiger partial charge in [-0.05, 0) is 39.9 Å².